The number of para-hydroxylation sites is 1. The van der Waals surface area contributed by atoms with E-state index < -0.39 is 17.7 Å². The highest BCUT2D eigenvalue weighted by Crippen LogP contribution is 2.28. The van der Waals surface area contributed by atoms with Crippen molar-refractivity contribution >= 4 is 17.7 Å². The van der Waals surface area contributed by atoms with E-state index in [1.807, 2.05) is 54.6 Å². The average Bonchev–Trinajstić information content (AvgIpc) is 3.03. The van der Waals surface area contributed by atoms with Crippen molar-refractivity contribution in [2.75, 3.05) is 38.5 Å². The molecule has 0 saturated carbocycles. The molecule has 1 saturated heterocycles. The first-order chi connectivity index (χ1) is 21.4. The van der Waals surface area contributed by atoms with E-state index >= 15 is 0 Å². The molecule has 2 amide bonds. The van der Waals surface area contributed by atoms with Crippen LogP contribution in [0.5, 0.6) is 5.75 Å². The number of ether oxygens (including phenoxy) is 1. The number of phenolic OH excluding ortho intramolecular Hbond substituents is 1. The van der Waals surface area contributed by atoms with Crippen molar-refractivity contribution in [1.82, 2.24) is 9.80 Å². The summed E-state index contributed by atoms with van der Waals surface area (Å²) in [7, 11) is 1.79. The van der Waals surface area contributed by atoms with Crippen LogP contribution < -0.4 is 5.32 Å². The lowest BCUT2D eigenvalue weighted by Crippen LogP contribution is -2.38. The molecule has 0 aromatic heterocycles. The zero-order valence-corrected chi connectivity index (χ0v) is 25.8. The lowest BCUT2D eigenvalue weighted by Gasteiger charge is -2.31. The maximum Gasteiger partial charge on any atom is 0.411 e. The van der Waals surface area contributed by atoms with E-state index in [0.717, 1.165) is 68.6 Å². The summed E-state index contributed by atoms with van der Waals surface area (Å²) in [5.41, 5.74) is 3.35. The molecule has 3 aromatic rings. The maximum atomic E-state index is 13.5. The Kier molecular flexibility index (Phi) is 13.0. The molecule has 7 nitrogen and oxygen atoms in total. The number of hydrogen-bond donors (Lipinski definition) is 2. The van der Waals surface area contributed by atoms with Gasteiger partial charge in [0.05, 0.1) is 12.1 Å². The number of unbranched alkanes of at least 4 members (excludes halogenated alkanes) is 6. The Hall–Kier alpha value is -3.91. The van der Waals surface area contributed by atoms with E-state index in [0.29, 0.717) is 12.1 Å². The van der Waals surface area contributed by atoms with E-state index in [9.17, 15) is 19.1 Å². The first kappa shape index (κ1) is 33.0. The summed E-state index contributed by atoms with van der Waals surface area (Å²) in [6.45, 7) is 3.68. The summed E-state index contributed by atoms with van der Waals surface area (Å²) >= 11 is 0. The number of nitrogens with zero attached hydrogens (tertiary/aromatic N) is 2. The third-order valence-electron chi connectivity index (χ3n) is 8.32. The molecular formula is C36H46FN3O4. The number of phenols is 1. The van der Waals surface area contributed by atoms with Gasteiger partial charge < -0.3 is 19.6 Å². The van der Waals surface area contributed by atoms with Gasteiger partial charge in [-0.2, -0.15) is 0 Å². The summed E-state index contributed by atoms with van der Waals surface area (Å²) in [5.74, 6) is -1.14. The number of anilines is 1. The van der Waals surface area contributed by atoms with Crippen LogP contribution in [0.3, 0.4) is 0 Å². The summed E-state index contributed by atoms with van der Waals surface area (Å²) in [6, 6.07) is 21.9. The molecule has 1 heterocycles. The molecule has 8 heteroatoms. The molecule has 0 unspecified atom stereocenters. The number of likely N-dealkylation sites (N-methyl/N-ethyl adjacent to an activating group) is 1. The first-order valence-corrected chi connectivity index (χ1v) is 15.9. The van der Waals surface area contributed by atoms with E-state index in [2.05, 4.69) is 10.2 Å². The van der Waals surface area contributed by atoms with Gasteiger partial charge in [-0.3, -0.25) is 10.1 Å². The van der Waals surface area contributed by atoms with Crippen LogP contribution in [0, 0.1) is 5.82 Å². The predicted molar refractivity (Wildman–Crippen MR) is 173 cm³/mol. The van der Waals surface area contributed by atoms with Gasteiger partial charge in [-0.05, 0) is 61.6 Å². The molecule has 0 bridgehead atoms. The van der Waals surface area contributed by atoms with Crippen LogP contribution in [0.15, 0.2) is 72.8 Å². The second-order valence-corrected chi connectivity index (χ2v) is 11.7. The van der Waals surface area contributed by atoms with Gasteiger partial charge in [-0.15, -0.1) is 0 Å². The fourth-order valence-electron chi connectivity index (χ4n) is 5.67. The van der Waals surface area contributed by atoms with Gasteiger partial charge >= 0.3 is 6.09 Å². The highest BCUT2D eigenvalue weighted by molar-refractivity contribution is 5.91. The number of amides is 2. The minimum absolute atomic E-state index is 0.0430. The second kappa shape index (κ2) is 17.4. The highest BCUT2D eigenvalue weighted by Gasteiger charge is 2.22. The number of halogens is 1. The number of hydrogen-bond acceptors (Lipinski definition) is 5. The molecule has 2 N–H and O–H groups in total. The number of aromatic hydroxyl groups is 1. The maximum absolute atomic E-state index is 13.5. The predicted octanol–water partition coefficient (Wildman–Crippen LogP) is 7.64. The lowest BCUT2D eigenvalue weighted by molar-refractivity contribution is -0.129. The third kappa shape index (κ3) is 10.7. The van der Waals surface area contributed by atoms with Gasteiger partial charge in [0.25, 0.3) is 0 Å². The number of carbonyl (C=O) groups excluding carboxylic acids is 2. The summed E-state index contributed by atoms with van der Waals surface area (Å²) < 4.78 is 19.3. The van der Waals surface area contributed by atoms with Gasteiger partial charge in [0.2, 0.25) is 5.91 Å². The van der Waals surface area contributed by atoms with Crippen LogP contribution in [0.4, 0.5) is 14.9 Å². The molecular weight excluding hydrogens is 557 g/mol. The summed E-state index contributed by atoms with van der Waals surface area (Å²) in [6.07, 6.45) is 9.41. The van der Waals surface area contributed by atoms with Crippen molar-refractivity contribution in [3.05, 3.63) is 84.2 Å². The van der Waals surface area contributed by atoms with Gasteiger partial charge in [-0.1, -0.05) is 86.7 Å². The number of rotatable bonds is 15. The minimum Gasteiger partial charge on any atom is -0.505 e. The molecule has 0 atom stereocenters. The standard InChI is InChI=1S/C36H46FN3O4/c1-39(35(42)27-28-18-19-34(41)32(37)26-28)22-12-5-3-2-4-6-13-23-40-24-20-30(21-25-40)44-36(43)38-33-17-11-10-16-31(33)29-14-8-7-9-15-29/h7-11,14-19,26,30,41H,2-6,12-13,20-25,27H2,1H3,(H,38,43). The van der Waals surface area contributed by atoms with Crippen molar-refractivity contribution in [2.45, 2.75) is 70.3 Å². The molecule has 0 spiro atoms. The van der Waals surface area contributed by atoms with E-state index in [1.54, 1.807) is 18.0 Å². The van der Waals surface area contributed by atoms with Crippen LogP contribution in [-0.4, -0.2) is 66.2 Å². The molecule has 236 valence electrons. The van der Waals surface area contributed by atoms with E-state index in [4.69, 9.17) is 4.74 Å². The Morgan fingerprint density at radius 1 is 0.909 bits per heavy atom. The van der Waals surface area contributed by atoms with Crippen LogP contribution in [-0.2, 0) is 16.0 Å². The van der Waals surface area contributed by atoms with Gasteiger partial charge in [-0.25, -0.2) is 9.18 Å². The smallest absolute Gasteiger partial charge is 0.411 e. The molecule has 1 aliphatic heterocycles. The number of benzene rings is 3. The Bertz CT molecular complexity index is 1330. The zero-order chi connectivity index (χ0) is 31.1. The summed E-state index contributed by atoms with van der Waals surface area (Å²) in [4.78, 5) is 29.2. The fraction of sp³-hybridized carbons (Fsp3) is 0.444. The van der Waals surface area contributed by atoms with Crippen LogP contribution >= 0.6 is 0 Å². The Labute approximate surface area is 261 Å². The van der Waals surface area contributed by atoms with Gasteiger partial charge in [0.15, 0.2) is 11.6 Å². The zero-order valence-electron chi connectivity index (χ0n) is 25.8. The van der Waals surface area contributed by atoms with Crippen molar-refractivity contribution in [3.8, 4) is 16.9 Å². The minimum atomic E-state index is -0.698. The number of piperidine rings is 1. The van der Waals surface area contributed by atoms with Gasteiger partial charge in [0, 0.05) is 32.2 Å². The topological polar surface area (TPSA) is 82.1 Å². The van der Waals surface area contributed by atoms with Crippen LogP contribution in [0.2, 0.25) is 0 Å². The second-order valence-electron chi connectivity index (χ2n) is 11.7. The molecule has 4 rings (SSSR count). The largest absolute Gasteiger partial charge is 0.505 e. The van der Waals surface area contributed by atoms with E-state index in [-0.39, 0.29) is 18.4 Å². The van der Waals surface area contributed by atoms with Crippen molar-refractivity contribution in [2.24, 2.45) is 0 Å². The monoisotopic (exact) mass is 603 g/mol. The molecule has 1 fully saturated rings. The Morgan fingerprint density at radius 2 is 1.57 bits per heavy atom. The summed E-state index contributed by atoms with van der Waals surface area (Å²) in [5, 5.41) is 12.2. The molecule has 44 heavy (non-hydrogen) atoms. The molecule has 1 aliphatic rings. The normalized spacial score (nSPS) is 13.9. The number of nitrogens with one attached hydrogen (secondary N) is 1. The van der Waals surface area contributed by atoms with Crippen molar-refractivity contribution < 1.29 is 23.8 Å². The first-order valence-electron chi connectivity index (χ1n) is 15.9. The van der Waals surface area contributed by atoms with Crippen molar-refractivity contribution in [3.63, 3.8) is 0 Å². The fourth-order valence-corrected chi connectivity index (χ4v) is 5.67. The van der Waals surface area contributed by atoms with Gasteiger partial charge in [0.1, 0.15) is 6.10 Å². The Balaban J connectivity index is 1.01. The Morgan fingerprint density at radius 3 is 2.30 bits per heavy atom. The lowest BCUT2D eigenvalue weighted by atomic mass is 10.0. The molecule has 0 aliphatic carbocycles. The van der Waals surface area contributed by atoms with Crippen LogP contribution in [0.1, 0.15) is 63.4 Å². The number of likely N-dealkylation sites (tertiary alicyclic amines) is 1. The average molecular weight is 604 g/mol. The van der Waals surface area contributed by atoms with Crippen molar-refractivity contribution in [1.29, 1.82) is 0 Å². The van der Waals surface area contributed by atoms with Crippen LogP contribution in [0.25, 0.3) is 11.1 Å². The quantitative estimate of drug-likeness (QED) is 0.175. The van der Waals surface area contributed by atoms with E-state index in [1.165, 1.54) is 37.8 Å². The SMILES string of the molecule is CN(CCCCCCCCCN1CCC(OC(=O)Nc2ccccc2-c2ccccc2)CC1)C(=O)Cc1ccc(O)c(F)c1. The molecule has 3 aromatic carbocycles. The number of carbonyl (C=O) groups is 2. The third-order valence-corrected chi connectivity index (χ3v) is 8.32. The molecule has 0 radical (unpaired) electrons. The highest BCUT2D eigenvalue weighted by atomic mass is 19.1.